The molecule has 0 aliphatic heterocycles. The highest BCUT2D eigenvalue weighted by Gasteiger charge is 2.12. The standard InChI is InChI=1S/C10H16O5/c1-4-5-14-8(3)15-10(13)7(2)6-9(11)12/h6,8H,4-5H2,1-3H3,(H,11,12)/b7-6-. The monoisotopic (exact) mass is 216 g/mol. The average molecular weight is 216 g/mol. The molecular weight excluding hydrogens is 200 g/mol. The Morgan fingerprint density at radius 3 is 2.53 bits per heavy atom. The second-order valence-electron chi connectivity index (χ2n) is 3.01. The first kappa shape index (κ1) is 13.6. The Kier molecular flexibility index (Phi) is 6.37. The Labute approximate surface area is 88.7 Å². The molecule has 0 aromatic heterocycles. The number of carboxylic acids is 1. The fraction of sp³-hybridized carbons (Fsp3) is 0.600. The van der Waals surface area contributed by atoms with E-state index >= 15 is 0 Å². The van der Waals surface area contributed by atoms with E-state index in [2.05, 4.69) is 0 Å². The fourth-order valence-corrected chi connectivity index (χ4v) is 0.806. The third-order valence-electron chi connectivity index (χ3n) is 1.49. The molecule has 5 nitrogen and oxygen atoms in total. The lowest BCUT2D eigenvalue weighted by atomic mass is 10.3. The van der Waals surface area contributed by atoms with Crippen molar-refractivity contribution >= 4 is 11.9 Å². The van der Waals surface area contributed by atoms with Crippen molar-refractivity contribution in [2.45, 2.75) is 33.5 Å². The molecule has 0 amide bonds. The first-order chi connectivity index (χ1) is 6.97. The molecule has 0 bridgehead atoms. The largest absolute Gasteiger partial charge is 0.478 e. The van der Waals surface area contributed by atoms with Crippen LogP contribution < -0.4 is 0 Å². The van der Waals surface area contributed by atoms with Gasteiger partial charge in [0.2, 0.25) is 0 Å². The molecule has 0 aliphatic rings. The molecule has 0 saturated heterocycles. The number of carbonyl (C=O) groups is 2. The lowest BCUT2D eigenvalue weighted by molar-refractivity contribution is -0.170. The summed E-state index contributed by atoms with van der Waals surface area (Å²) in [7, 11) is 0. The maximum atomic E-state index is 11.2. The molecule has 86 valence electrons. The van der Waals surface area contributed by atoms with Gasteiger partial charge in [-0.05, 0) is 20.3 Å². The van der Waals surface area contributed by atoms with Gasteiger partial charge in [0.15, 0.2) is 6.29 Å². The van der Waals surface area contributed by atoms with Crippen LogP contribution in [0.25, 0.3) is 0 Å². The first-order valence-electron chi connectivity index (χ1n) is 4.71. The zero-order valence-electron chi connectivity index (χ0n) is 9.15. The minimum Gasteiger partial charge on any atom is -0.478 e. The van der Waals surface area contributed by atoms with Crippen LogP contribution in [0.4, 0.5) is 0 Å². The Morgan fingerprint density at radius 1 is 1.47 bits per heavy atom. The van der Waals surface area contributed by atoms with Crippen molar-refractivity contribution in [3.05, 3.63) is 11.6 Å². The molecule has 1 atom stereocenters. The van der Waals surface area contributed by atoms with Crippen LogP contribution in [0.2, 0.25) is 0 Å². The van der Waals surface area contributed by atoms with E-state index < -0.39 is 18.2 Å². The molecule has 0 aliphatic carbocycles. The van der Waals surface area contributed by atoms with Crippen LogP contribution >= 0.6 is 0 Å². The summed E-state index contributed by atoms with van der Waals surface area (Å²) in [6.07, 6.45) is 0.968. The van der Waals surface area contributed by atoms with E-state index in [1.54, 1.807) is 6.92 Å². The second kappa shape index (κ2) is 7.00. The minimum atomic E-state index is -1.17. The highest BCUT2D eigenvalue weighted by atomic mass is 16.7. The van der Waals surface area contributed by atoms with Gasteiger partial charge in [-0.3, -0.25) is 0 Å². The molecule has 0 radical (unpaired) electrons. The third-order valence-corrected chi connectivity index (χ3v) is 1.49. The number of hydrogen-bond acceptors (Lipinski definition) is 4. The Morgan fingerprint density at radius 2 is 2.07 bits per heavy atom. The number of hydrogen-bond donors (Lipinski definition) is 1. The van der Waals surface area contributed by atoms with E-state index in [9.17, 15) is 9.59 Å². The van der Waals surface area contributed by atoms with Crippen LogP contribution in [-0.2, 0) is 19.1 Å². The molecule has 0 aromatic carbocycles. The molecule has 0 fully saturated rings. The Balaban J connectivity index is 4.07. The molecule has 1 N–H and O–H groups in total. The van der Waals surface area contributed by atoms with Crippen molar-refractivity contribution in [1.82, 2.24) is 0 Å². The zero-order chi connectivity index (χ0) is 11.8. The van der Waals surface area contributed by atoms with Gasteiger partial charge in [0.05, 0.1) is 6.61 Å². The fourth-order valence-electron chi connectivity index (χ4n) is 0.806. The maximum absolute atomic E-state index is 11.2. The molecular formula is C10H16O5. The lowest BCUT2D eigenvalue weighted by Crippen LogP contribution is -2.19. The van der Waals surface area contributed by atoms with E-state index in [4.69, 9.17) is 14.6 Å². The quantitative estimate of drug-likeness (QED) is 0.412. The van der Waals surface area contributed by atoms with Gasteiger partial charge in [0.25, 0.3) is 0 Å². The highest BCUT2D eigenvalue weighted by molar-refractivity contribution is 5.95. The van der Waals surface area contributed by atoms with Crippen molar-refractivity contribution in [2.75, 3.05) is 6.61 Å². The van der Waals surface area contributed by atoms with E-state index in [0.717, 1.165) is 12.5 Å². The molecule has 15 heavy (non-hydrogen) atoms. The number of carbonyl (C=O) groups excluding carboxylic acids is 1. The third kappa shape index (κ3) is 6.68. The summed E-state index contributed by atoms with van der Waals surface area (Å²) in [5.41, 5.74) is 0.0365. The number of ether oxygens (including phenoxy) is 2. The zero-order valence-corrected chi connectivity index (χ0v) is 9.15. The normalized spacial score (nSPS) is 13.4. The first-order valence-corrected chi connectivity index (χ1v) is 4.71. The van der Waals surface area contributed by atoms with E-state index in [1.165, 1.54) is 6.92 Å². The topological polar surface area (TPSA) is 72.8 Å². The van der Waals surface area contributed by atoms with Gasteiger partial charge in [-0.2, -0.15) is 0 Å². The summed E-state index contributed by atoms with van der Waals surface area (Å²) in [4.78, 5) is 21.5. The highest BCUT2D eigenvalue weighted by Crippen LogP contribution is 2.02. The lowest BCUT2D eigenvalue weighted by Gasteiger charge is -2.13. The molecule has 0 rings (SSSR count). The summed E-state index contributed by atoms with van der Waals surface area (Å²) in [6, 6.07) is 0. The second-order valence-corrected chi connectivity index (χ2v) is 3.01. The molecule has 0 spiro atoms. The minimum absolute atomic E-state index is 0.0365. The number of esters is 1. The molecule has 0 aromatic rings. The van der Waals surface area contributed by atoms with Crippen LogP contribution in [0.5, 0.6) is 0 Å². The van der Waals surface area contributed by atoms with Crippen molar-refractivity contribution in [3.63, 3.8) is 0 Å². The van der Waals surface area contributed by atoms with Gasteiger partial charge in [-0.1, -0.05) is 6.92 Å². The van der Waals surface area contributed by atoms with Crippen LogP contribution in [0.15, 0.2) is 11.6 Å². The average Bonchev–Trinajstić information content (AvgIpc) is 2.13. The van der Waals surface area contributed by atoms with Gasteiger partial charge in [-0.15, -0.1) is 0 Å². The number of carboxylic acid groups (broad SMARTS) is 1. The molecule has 0 saturated carbocycles. The maximum Gasteiger partial charge on any atom is 0.336 e. The van der Waals surface area contributed by atoms with Gasteiger partial charge in [0.1, 0.15) is 0 Å². The number of aliphatic carboxylic acids is 1. The van der Waals surface area contributed by atoms with Crippen molar-refractivity contribution in [3.8, 4) is 0 Å². The van der Waals surface area contributed by atoms with Crippen molar-refractivity contribution in [2.24, 2.45) is 0 Å². The van der Waals surface area contributed by atoms with Crippen molar-refractivity contribution in [1.29, 1.82) is 0 Å². The smallest absolute Gasteiger partial charge is 0.336 e. The van der Waals surface area contributed by atoms with Crippen LogP contribution in [-0.4, -0.2) is 29.9 Å². The predicted octanol–water partition coefficient (Wildman–Crippen LogP) is 1.33. The summed E-state index contributed by atoms with van der Waals surface area (Å²) < 4.78 is 9.92. The van der Waals surface area contributed by atoms with Crippen LogP contribution in [0.3, 0.4) is 0 Å². The van der Waals surface area contributed by atoms with Gasteiger partial charge < -0.3 is 14.6 Å². The Hall–Kier alpha value is -1.36. The number of rotatable bonds is 6. The molecule has 1 unspecified atom stereocenters. The van der Waals surface area contributed by atoms with Gasteiger partial charge in [0, 0.05) is 11.6 Å². The summed E-state index contributed by atoms with van der Waals surface area (Å²) >= 11 is 0. The van der Waals surface area contributed by atoms with Gasteiger partial charge in [-0.25, -0.2) is 9.59 Å². The van der Waals surface area contributed by atoms with Gasteiger partial charge >= 0.3 is 11.9 Å². The summed E-state index contributed by atoms with van der Waals surface area (Å²) in [6.45, 7) is 5.39. The van der Waals surface area contributed by atoms with Crippen LogP contribution in [0, 0.1) is 0 Å². The van der Waals surface area contributed by atoms with E-state index in [0.29, 0.717) is 6.61 Å². The summed E-state index contributed by atoms with van der Waals surface area (Å²) in [5.74, 6) is -1.85. The SMILES string of the molecule is CCCOC(C)OC(=O)/C(C)=C\C(=O)O. The molecule has 5 heteroatoms. The summed E-state index contributed by atoms with van der Waals surface area (Å²) in [5, 5.41) is 8.39. The Bertz CT molecular complexity index is 257. The van der Waals surface area contributed by atoms with Crippen LogP contribution in [0.1, 0.15) is 27.2 Å². The molecule has 0 heterocycles. The predicted molar refractivity (Wildman–Crippen MR) is 53.2 cm³/mol. The van der Waals surface area contributed by atoms with E-state index in [1.807, 2.05) is 6.92 Å². The van der Waals surface area contributed by atoms with E-state index in [-0.39, 0.29) is 5.57 Å². The van der Waals surface area contributed by atoms with Crippen molar-refractivity contribution < 1.29 is 24.2 Å².